The molecule has 2 aromatic carbocycles. The van der Waals surface area contributed by atoms with Crippen molar-refractivity contribution in [3.05, 3.63) is 47.8 Å². The van der Waals surface area contributed by atoms with Crippen molar-refractivity contribution < 1.29 is 32.9 Å². The SMILES string of the molecule is COc1cc(C(=O)O[C@@H](C)C(=O)Nc2ccccc2F)cc(OC)c1OC. The van der Waals surface area contributed by atoms with Crippen molar-refractivity contribution >= 4 is 17.6 Å². The lowest BCUT2D eigenvalue weighted by Gasteiger charge is -2.16. The number of benzene rings is 2. The fraction of sp³-hybridized carbons (Fsp3) is 0.263. The molecule has 2 aromatic rings. The number of carbonyl (C=O) groups is 2. The highest BCUT2D eigenvalue weighted by Gasteiger charge is 2.23. The average Bonchev–Trinajstić information content (AvgIpc) is 2.68. The second-order valence-electron chi connectivity index (χ2n) is 5.43. The van der Waals surface area contributed by atoms with Gasteiger partial charge in [0.2, 0.25) is 5.75 Å². The molecular formula is C19H20FNO6. The molecule has 0 spiro atoms. The largest absolute Gasteiger partial charge is 0.493 e. The van der Waals surface area contributed by atoms with Gasteiger partial charge in [-0.1, -0.05) is 12.1 Å². The number of anilines is 1. The molecule has 0 fully saturated rings. The second kappa shape index (κ2) is 8.88. The van der Waals surface area contributed by atoms with Gasteiger partial charge in [0.25, 0.3) is 5.91 Å². The van der Waals surface area contributed by atoms with E-state index in [1.54, 1.807) is 6.07 Å². The van der Waals surface area contributed by atoms with Crippen LogP contribution in [-0.4, -0.2) is 39.3 Å². The van der Waals surface area contributed by atoms with Gasteiger partial charge in [0.05, 0.1) is 32.6 Å². The molecule has 0 saturated heterocycles. The van der Waals surface area contributed by atoms with Crippen molar-refractivity contribution in [3.8, 4) is 17.2 Å². The highest BCUT2D eigenvalue weighted by atomic mass is 19.1. The van der Waals surface area contributed by atoms with E-state index in [0.29, 0.717) is 5.75 Å². The number of carbonyl (C=O) groups excluding carboxylic acids is 2. The van der Waals surface area contributed by atoms with Crippen LogP contribution in [0.1, 0.15) is 17.3 Å². The number of rotatable bonds is 7. The summed E-state index contributed by atoms with van der Waals surface area (Å²) in [7, 11) is 4.27. The molecule has 0 aromatic heterocycles. The quantitative estimate of drug-likeness (QED) is 0.747. The zero-order valence-electron chi connectivity index (χ0n) is 15.4. The van der Waals surface area contributed by atoms with E-state index < -0.39 is 23.8 Å². The minimum atomic E-state index is -1.16. The maximum Gasteiger partial charge on any atom is 0.339 e. The summed E-state index contributed by atoms with van der Waals surface area (Å²) < 4.78 is 34.3. The number of hydrogen-bond donors (Lipinski definition) is 1. The van der Waals surface area contributed by atoms with Gasteiger partial charge in [-0.05, 0) is 31.2 Å². The third kappa shape index (κ3) is 4.66. The zero-order valence-corrected chi connectivity index (χ0v) is 15.4. The molecule has 2 rings (SSSR count). The predicted molar refractivity (Wildman–Crippen MR) is 96.0 cm³/mol. The molecule has 0 aliphatic rings. The Morgan fingerprint density at radius 3 is 2.11 bits per heavy atom. The van der Waals surface area contributed by atoms with Gasteiger partial charge >= 0.3 is 5.97 Å². The Labute approximate surface area is 156 Å². The lowest BCUT2D eigenvalue weighted by Crippen LogP contribution is -2.30. The fourth-order valence-corrected chi connectivity index (χ4v) is 2.28. The molecule has 1 atom stereocenters. The predicted octanol–water partition coefficient (Wildman–Crippen LogP) is 3.04. The molecule has 27 heavy (non-hydrogen) atoms. The van der Waals surface area contributed by atoms with Crippen LogP contribution >= 0.6 is 0 Å². The van der Waals surface area contributed by atoms with Crippen molar-refractivity contribution in [1.29, 1.82) is 0 Å². The second-order valence-corrected chi connectivity index (χ2v) is 5.43. The van der Waals surface area contributed by atoms with Crippen LogP contribution in [0.15, 0.2) is 36.4 Å². The van der Waals surface area contributed by atoms with Crippen molar-refractivity contribution in [2.75, 3.05) is 26.6 Å². The van der Waals surface area contributed by atoms with Crippen LogP contribution in [0.4, 0.5) is 10.1 Å². The van der Waals surface area contributed by atoms with Crippen LogP contribution in [0.2, 0.25) is 0 Å². The summed E-state index contributed by atoms with van der Waals surface area (Å²) in [6, 6.07) is 8.50. The number of nitrogens with one attached hydrogen (secondary N) is 1. The van der Waals surface area contributed by atoms with E-state index in [4.69, 9.17) is 18.9 Å². The van der Waals surface area contributed by atoms with Crippen molar-refractivity contribution in [1.82, 2.24) is 0 Å². The van der Waals surface area contributed by atoms with E-state index in [1.807, 2.05) is 0 Å². The first-order chi connectivity index (χ1) is 12.9. The zero-order chi connectivity index (χ0) is 20.0. The van der Waals surface area contributed by atoms with Crippen LogP contribution in [0.3, 0.4) is 0 Å². The smallest absolute Gasteiger partial charge is 0.339 e. The van der Waals surface area contributed by atoms with Crippen molar-refractivity contribution in [3.63, 3.8) is 0 Å². The highest BCUT2D eigenvalue weighted by molar-refractivity contribution is 5.97. The molecule has 8 heteroatoms. The van der Waals surface area contributed by atoms with Crippen molar-refractivity contribution in [2.45, 2.75) is 13.0 Å². The van der Waals surface area contributed by atoms with Crippen LogP contribution in [0.5, 0.6) is 17.2 Å². The Morgan fingerprint density at radius 1 is 1.00 bits per heavy atom. The number of para-hydroxylation sites is 1. The number of ether oxygens (including phenoxy) is 4. The van der Waals surface area contributed by atoms with E-state index in [2.05, 4.69) is 5.32 Å². The molecule has 0 radical (unpaired) electrons. The van der Waals surface area contributed by atoms with Gasteiger partial charge in [0, 0.05) is 0 Å². The molecule has 0 unspecified atom stereocenters. The van der Waals surface area contributed by atoms with Gasteiger partial charge < -0.3 is 24.3 Å². The van der Waals surface area contributed by atoms with Gasteiger partial charge in [0.15, 0.2) is 17.6 Å². The highest BCUT2D eigenvalue weighted by Crippen LogP contribution is 2.38. The Kier molecular flexibility index (Phi) is 6.59. The van der Waals surface area contributed by atoms with E-state index >= 15 is 0 Å². The van der Waals surface area contributed by atoms with Crippen LogP contribution < -0.4 is 19.5 Å². The summed E-state index contributed by atoms with van der Waals surface area (Å²) >= 11 is 0. The first kappa shape index (κ1) is 20.0. The standard InChI is InChI=1S/C19H20FNO6/c1-11(18(22)21-14-8-6-5-7-13(14)20)27-19(23)12-9-15(24-2)17(26-4)16(10-12)25-3/h5-11H,1-4H3,(H,21,22)/t11-/m0/s1. The molecular weight excluding hydrogens is 357 g/mol. The fourth-order valence-electron chi connectivity index (χ4n) is 2.28. The first-order valence-electron chi connectivity index (χ1n) is 7.97. The number of hydrogen-bond acceptors (Lipinski definition) is 6. The molecule has 0 saturated carbocycles. The average molecular weight is 377 g/mol. The number of esters is 1. The Hall–Kier alpha value is -3.29. The molecule has 0 bridgehead atoms. The molecule has 7 nitrogen and oxygen atoms in total. The van der Waals surface area contributed by atoms with E-state index in [0.717, 1.165) is 0 Å². The first-order valence-corrected chi connectivity index (χ1v) is 7.97. The maximum atomic E-state index is 13.6. The number of halogens is 1. The van der Waals surface area contributed by atoms with Gasteiger partial charge in [-0.2, -0.15) is 0 Å². The lowest BCUT2D eigenvalue weighted by atomic mass is 10.2. The molecule has 0 aliphatic carbocycles. The van der Waals surface area contributed by atoms with Gasteiger partial charge in [0.1, 0.15) is 5.82 Å². The number of methoxy groups -OCH3 is 3. The Morgan fingerprint density at radius 2 is 1.59 bits per heavy atom. The molecule has 144 valence electrons. The van der Waals surface area contributed by atoms with E-state index in [-0.39, 0.29) is 22.7 Å². The van der Waals surface area contributed by atoms with E-state index in [1.165, 1.54) is 58.6 Å². The third-order valence-corrected chi connectivity index (χ3v) is 3.69. The topological polar surface area (TPSA) is 83.1 Å². The summed E-state index contributed by atoms with van der Waals surface area (Å²) in [4.78, 5) is 24.5. The van der Waals surface area contributed by atoms with Crippen molar-refractivity contribution in [2.24, 2.45) is 0 Å². The van der Waals surface area contributed by atoms with Crippen LogP contribution in [0, 0.1) is 5.82 Å². The normalized spacial score (nSPS) is 11.3. The van der Waals surface area contributed by atoms with Crippen LogP contribution in [-0.2, 0) is 9.53 Å². The molecule has 0 aliphatic heterocycles. The van der Waals surface area contributed by atoms with E-state index in [9.17, 15) is 14.0 Å². The minimum absolute atomic E-state index is 0.00168. The maximum absolute atomic E-state index is 13.6. The third-order valence-electron chi connectivity index (χ3n) is 3.69. The summed E-state index contributed by atoms with van der Waals surface area (Å²) in [5, 5.41) is 2.37. The van der Waals surface area contributed by atoms with Crippen LogP contribution in [0.25, 0.3) is 0 Å². The minimum Gasteiger partial charge on any atom is -0.493 e. The number of amides is 1. The monoisotopic (exact) mass is 377 g/mol. The Balaban J connectivity index is 2.14. The summed E-state index contributed by atoms with van der Waals surface area (Å²) in [5.41, 5.74) is 0.105. The summed E-state index contributed by atoms with van der Waals surface area (Å²) in [6.45, 7) is 1.38. The summed E-state index contributed by atoms with van der Waals surface area (Å²) in [6.07, 6.45) is -1.16. The van der Waals surface area contributed by atoms with Gasteiger partial charge in [-0.25, -0.2) is 9.18 Å². The molecule has 1 amide bonds. The lowest BCUT2D eigenvalue weighted by molar-refractivity contribution is -0.123. The Bertz CT molecular complexity index is 814. The van der Waals surface area contributed by atoms with Gasteiger partial charge in [-0.3, -0.25) is 4.79 Å². The van der Waals surface area contributed by atoms with Gasteiger partial charge in [-0.15, -0.1) is 0 Å². The summed E-state index contributed by atoms with van der Waals surface area (Å²) in [5.74, 6) is -1.17. The molecule has 1 N–H and O–H groups in total. The molecule has 0 heterocycles.